The fourth-order valence-electron chi connectivity index (χ4n) is 1.71. The Morgan fingerprint density at radius 2 is 2.35 bits per heavy atom. The van der Waals surface area contributed by atoms with Crippen molar-refractivity contribution in [1.29, 1.82) is 0 Å². The first-order chi connectivity index (χ1) is 8.20. The number of hydrogen-bond donors (Lipinski definition) is 1. The van der Waals surface area contributed by atoms with E-state index in [1.165, 1.54) is 0 Å². The molecule has 5 heteroatoms. The molecule has 0 spiro atoms. The highest BCUT2D eigenvalue weighted by molar-refractivity contribution is 6.30. The van der Waals surface area contributed by atoms with E-state index in [0.29, 0.717) is 24.6 Å². The normalized spacial score (nSPS) is 13.8. The quantitative estimate of drug-likeness (QED) is 0.901. The molecule has 1 heterocycles. The van der Waals surface area contributed by atoms with Crippen LogP contribution in [0.2, 0.25) is 5.02 Å². The van der Waals surface area contributed by atoms with Gasteiger partial charge in [0, 0.05) is 29.1 Å². The third-order valence-corrected chi connectivity index (χ3v) is 2.77. The van der Waals surface area contributed by atoms with Gasteiger partial charge in [0.05, 0.1) is 6.61 Å². The summed E-state index contributed by atoms with van der Waals surface area (Å²) in [6.07, 6.45) is 0.465. The minimum Gasteiger partial charge on any atom is -0.467 e. The van der Waals surface area contributed by atoms with E-state index in [2.05, 4.69) is 5.32 Å². The summed E-state index contributed by atoms with van der Waals surface area (Å²) in [5, 5.41) is 3.43. The maximum atomic E-state index is 11.2. The Kier molecular flexibility index (Phi) is 3.86. The van der Waals surface area contributed by atoms with Crippen LogP contribution in [0, 0.1) is 0 Å². The molecule has 0 radical (unpaired) electrons. The summed E-state index contributed by atoms with van der Waals surface area (Å²) in [6, 6.07) is 3.63. The fourth-order valence-corrected chi connectivity index (χ4v) is 1.97. The topological polar surface area (TPSA) is 47.6 Å². The second-order valence-corrected chi connectivity index (χ2v) is 4.23. The van der Waals surface area contributed by atoms with Crippen LogP contribution in [0.5, 0.6) is 5.75 Å². The second kappa shape index (κ2) is 5.38. The number of nitrogens with one attached hydrogen (secondary N) is 1. The van der Waals surface area contributed by atoms with E-state index in [1.807, 2.05) is 19.1 Å². The summed E-state index contributed by atoms with van der Waals surface area (Å²) in [4.78, 5) is 11.2. The van der Waals surface area contributed by atoms with Gasteiger partial charge in [-0.25, -0.2) is 0 Å². The number of amides is 1. The van der Waals surface area contributed by atoms with Gasteiger partial charge in [-0.2, -0.15) is 0 Å². The lowest BCUT2D eigenvalue weighted by Gasteiger charge is -2.21. The maximum absolute atomic E-state index is 11.2. The molecular formula is C12H14ClNO3. The Morgan fingerprint density at radius 1 is 1.53 bits per heavy atom. The van der Waals surface area contributed by atoms with Crippen LogP contribution in [0.15, 0.2) is 12.1 Å². The SMILES string of the molecule is CCC(=O)NCc1cc(Cl)cc2c1OCOC2. The summed E-state index contributed by atoms with van der Waals surface area (Å²) in [6.45, 7) is 2.97. The van der Waals surface area contributed by atoms with Crippen LogP contribution in [0.1, 0.15) is 24.5 Å². The smallest absolute Gasteiger partial charge is 0.219 e. The lowest BCUT2D eigenvalue weighted by molar-refractivity contribution is -0.120. The number of benzene rings is 1. The summed E-state index contributed by atoms with van der Waals surface area (Å²) in [5.41, 5.74) is 1.81. The number of carbonyl (C=O) groups excluding carboxylic acids is 1. The van der Waals surface area contributed by atoms with Crippen molar-refractivity contribution < 1.29 is 14.3 Å². The van der Waals surface area contributed by atoms with Gasteiger partial charge in [0.2, 0.25) is 5.91 Å². The van der Waals surface area contributed by atoms with E-state index in [-0.39, 0.29) is 12.7 Å². The zero-order valence-corrected chi connectivity index (χ0v) is 10.3. The maximum Gasteiger partial charge on any atom is 0.219 e. The zero-order chi connectivity index (χ0) is 12.3. The highest BCUT2D eigenvalue weighted by Crippen LogP contribution is 2.31. The molecule has 1 aromatic rings. The van der Waals surface area contributed by atoms with E-state index in [1.54, 1.807) is 0 Å². The molecule has 4 nitrogen and oxygen atoms in total. The van der Waals surface area contributed by atoms with Gasteiger partial charge >= 0.3 is 0 Å². The highest BCUT2D eigenvalue weighted by atomic mass is 35.5. The van der Waals surface area contributed by atoms with Crippen molar-refractivity contribution in [3.63, 3.8) is 0 Å². The van der Waals surface area contributed by atoms with Crippen molar-refractivity contribution in [2.45, 2.75) is 26.5 Å². The first-order valence-corrected chi connectivity index (χ1v) is 5.87. The molecule has 1 N–H and O–H groups in total. The molecule has 17 heavy (non-hydrogen) atoms. The molecule has 1 aliphatic rings. The molecule has 0 saturated heterocycles. The molecular weight excluding hydrogens is 242 g/mol. The summed E-state index contributed by atoms with van der Waals surface area (Å²) in [5.74, 6) is 0.780. The van der Waals surface area contributed by atoms with E-state index in [4.69, 9.17) is 21.1 Å². The van der Waals surface area contributed by atoms with E-state index in [0.717, 1.165) is 16.9 Å². The standard InChI is InChI=1S/C12H14ClNO3/c1-2-11(15)14-5-8-3-10(13)4-9-6-16-7-17-12(8)9/h3-4H,2,5-7H2,1H3,(H,14,15). The number of ether oxygens (including phenoxy) is 2. The second-order valence-electron chi connectivity index (χ2n) is 3.79. The van der Waals surface area contributed by atoms with E-state index < -0.39 is 0 Å². The van der Waals surface area contributed by atoms with Gasteiger partial charge in [-0.1, -0.05) is 18.5 Å². The molecule has 1 aliphatic heterocycles. The van der Waals surface area contributed by atoms with Gasteiger partial charge in [-0.05, 0) is 12.1 Å². The number of carbonyl (C=O) groups is 1. The number of hydrogen-bond acceptors (Lipinski definition) is 3. The van der Waals surface area contributed by atoms with Crippen LogP contribution in [-0.4, -0.2) is 12.7 Å². The molecule has 0 aromatic heterocycles. The third-order valence-electron chi connectivity index (χ3n) is 2.55. The minimum absolute atomic E-state index is 0.00536. The Morgan fingerprint density at radius 3 is 3.12 bits per heavy atom. The van der Waals surface area contributed by atoms with Crippen molar-refractivity contribution in [2.75, 3.05) is 6.79 Å². The first-order valence-electron chi connectivity index (χ1n) is 5.49. The largest absolute Gasteiger partial charge is 0.467 e. The Hall–Kier alpha value is -1.26. The van der Waals surface area contributed by atoms with Crippen LogP contribution in [0.4, 0.5) is 0 Å². The monoisotopic (exact) mass is 255 g/mol. The summed E-state index contributed by atoms with van der Waals surface area (Å²) in [7, 11) is 0. The van der Waals surface area contributed by atoms with Crippen molar-refractivity contribution >= 4 is 17.5 Å². The molecule has 0 atom stereocenters. The highest BCUT2D eigenvalue weighted by Gasteiger charge is 2.16. The van der Waals surface area contributed by atoms with Gasteiger partial charge < -0.3 is 14.8 Å². The fraction of sp³-hybridized carbons (Fsp3) is 0.417. The summed E-state index contributed by atoms with van der Waals surface area (Å²) < 4.78 is 10.6. The zero-order valence-electron chi connectivity index (χ0n) is 9.59. The molecule has 92 valence electrons. The van der Waals surface area contributed by atoms with Crippen LogP contribution in [-0.2, 0) is 22.7 Å². The average Bonchev–Trinajstić information content (AvgIpc) is 2.35. The van der Waals surface area contributed by atoms with Crippen LogP contribution >= 0.6 is 11.6 Å². The summed E-state index contributed by atoms with van der Waals surface area (Å²) >= 11 is 6.01. The Labute approximate surface area is 105 Å². The molecule has 2 rings (SSSR count). The van der Waals surface area contributed by atoms with Crippen molar-refractivity contribution in [2.24, 2.45) is 0 Å². The van der Waals surface area contributed by atoms with E-state index in [9.17, 15) is 4.79 Å². The molecule has 0 aliphatic carbocycles. The van der Waals surface area contributed by atoms with Crippen molar-refractivity contribution in [1.82, 2.24) is 5.32 Å². The minimum atomic E-state index is 0.00536. The molecule has 1 amide bonds. The number of rotatable bonds is 3. The van der Waals surface area contributed by atoms with Gasteiger partial charge in [0.25, 0.3) is 0 Å². The molecule has 0 saturated carbocycles. The van der Waals surface area contributed by atoms with Crippen LogP contribution in [0.25, 0.3) is 0 Å². The molecule has 0 fully saturated rings. The number of halogens is 1. The van der Waals surface area contributed by atoms with Crippen molar-refractivity contribution in [3.8, 4) is 5.75 Å². The first kappa shape index (κ1) is 12.2. The Bertz CT molecular complexity index is 434. The molecule has 1 aromatic carbocycles. The van der Waals surface area contributed by atoms with Crippen molar-refractivity contribution in [3.05, 3.63) is 28.3 Å². The Balaban J connectivity index is 2.20. The predicted molar refractivity (Wildman–Crippen MR) is 63.9 cm³/mol. The third kappa shape index (κ3) is 2.90. The van der Waals surface area contributed by atoms with Crippen LogP contribution in [0.3, 0.4) is 0 Å². The van der Waals surface area contributed by atoms with Gasteiger partial charge in [0.1, 0.15) is 5.75 Å². The van der Waals surface area contributed by atoms with Crippen LogP contribution < -0.4 is 10.1 Å². The van der Waals surface area contributed by atoms with Gasteiger partial charge in [-0.3, -0.25) is 4.79 Å². The lowest BCUT2D eigenvalue weighted by Crippen LogP contribution is -2.23. The molecule has 0 bridgehead atoms. The van der Waals surface area contributed by atoms with Gasteiger partial charge in [-0.15, -0.1) is 0 Å². The average molecular weight is 256 g/mol. The lowest BCUT2D eigenvalue weighted by atomic mass is 10.1. The van der Waals surface area contributed by atoms with Gasteiger partial charge in [0.15, 0.2) is 6.79 Å². The molecule has 0 unspecified atom stereocenters. The number of fused-ring (bicyclic) bond motifs is 1. The predicted octanol–water partition coefficient (Wildman–Crippen LogP) is 2.23. The van der Waals surface area contributed by atoms with E-state index >= 15 is 0 Å².